The summed E-state index contributed by atoms with van der Waals surface area (Å²) in [6, 6.07) is 12.9. The molecule has 0 saturated carbocycles. The van der Waals surface area contributed by atoms with Gasteiger partial charge in [-0.05, 0) is 57.4 Å². The van der Waals surface area contributed by atoms with Gasteiger partial charge in [-0.3, -0.25) is 4.79 Å². The van der Waals surface area contributed by atoms with Crippen molar-refractivity contribution in [2.75, 3.05) is 12.8 Å². The number of nitrogens with zero attached hydrogens (tertiary/aromatic N) is 2. The van der Waals surface area contributed by atoms with Gasteiger partial charge in [0.15, 0.2) is 5.69 Å². The summed E-state index contributed by atoms with van der Waals surface area (Å²) >= 11 is 14.2. The first-order chi connectivity index (χ1) is 15.1. The zero-order valence-electron chi connectivity index (χ0n) is 18.7. The molecule has 0 aliphatic rings. The fourth-order valence-electron chi connectivity index (χ4n) is 3.09. The topological polar surface area (TPSA) is 72.9 Å². The Balaban J connectivity index is 0.00000385. The number of hydrogen-bond acceptors (Lipinski definition) is 4. The van der Waals surface area contributed by atoms with Crippen molar-refractivity contribution in [2.45, 2.75) is 31.2 Å². The molecule has 174 valence electrons. The van der Waals surface area contributed by atoms with Gasteiger partial charge in [0.2, 0.25) is 0 Å². The lowest BCUT2D eigenvalue weighted by atomic mass is 10.1. The van der Waals surface area contributed by atoms with Crippen LogP contribution in [-0.4, -0.2) is 34.0 Å². The Bertz CT molecular complexity index is 1210. The summed E-state index contributed by atoms with van der Waals surface area (Å²) in [5, 5.41) is 8.78. The molecule has 9 heteroatoms. The van der Waals surface area contributed by atoms with Crippen LogP contribution in [0.25, 0.3) is 16.9 Å². The van der Waals surface area contributed by atoms with Gasteiger partial charge < -0.3 is 11.1 Å². The van der Waals surface area contributed by atoms with Gasteiger partial charge in [-0.25, -0.2) is 4.68 Å². The molecule has 0 radical (unpaired) electrons. The lowest BCUT2D eigenvalue weighted by Crippen LogP contribution is -2.41. The van der Waals surface area contributed by atoms with Gasteiger partial charge in [0, 0.05) is 21.7 Å². The van der Waals surface area contributed by atoms with E-state index in [1.165, 1.54) is 11.8 Å². The number of hydrogen-bond donors (Lipinski definition) is 2. The molecule has 5 nitrogen and oxygen atoms in total. The summed E-state index contributed by atoms with van der Waals surface area (Å²) in [5.41, 5.74) is 8.41. The minimum atomic E-state index is -0.405. The molecule has 33 heavy (non-hydrogen) atoms. The quantitative estimate of drug-likeness (QED) is 0.333. The predicted molar refractivity (Wildman–Crippen MR) is 141 cm³/mol. The molecule has 0 unspecified atom stereocenters. The van der Waals surface area contributed by atoms with Crippen LogP contribution in [0.1, 0.15) is 36.8 Å². The van der Waals surface area contributed by atoms with E-state index in [0.717, 1.165) is 21.7 Å². The van der Waals surface area contributed by atoms with Crippen molar-refractivity contribution in [1.29, 1.82) is 0 Å². The summed E-state index contributed by atoms with van der Waals surface area (Å²) in [6.07, 6.45) is 1.92. The normalized spacial score (nSPS) is 10.8. The van der Waals surface area contributed by atoms with Crippen LogP contribution in [0.5, 0.6) is 0 Å². The van der Waals surface area contributed by atoms with Crippen LogP contribution >= 0.6 is 47.4 Å². The Kier molecular flexibility index (Phi) is 9.30. The van der Waals surface area contributed by atoms with E-state index in [2.05, 4.69) is 17.2 Å². The van der Waals surface area contributed by atoms with E-state index in [1.807, 2.05) is 51.3 Å². The average Bonchev–Trinajstić information content (AvgIpc) is 3.11. The van der Waals surface area contributed by atoms with E-state index in [0.29, 0.717) is 21.4 Å². The maximum absolute atomic E-state index is 13.1. The first-order valence-corrected chi connectivity index (χ1v) is 11.9. The van der Waals surface area contributed by atoms with E-state index in [1.54, 1.807) is 22.9 Å². The molecule has 1 aromatic heterocycles. The molecule has 3 aromatic rings. The zero-order chi connectivity index (χ0) is 23.5. The largest absolute Gasteiger partial charge is 0.346 e. The Morgan fingerprint density at radius 1 is 1.18 bits per heavy atom. The summed E-state index contributed by atoms with van der Waals surface area (Å²) in [5.74, 6) is 5.54. The summed E-state index contributed by atoms with van der Waals surface area (Å²) in [7, 11) is 0. The van der Waals surface area contributed by atoms with E-state index < -0.39 is 5.54 Å². The molecule has 3 rings (SSSR count). The minimum absolute atomic E-state index is 0. The molecule has 0 aliphatic heterocycles. The van der Waals surface area contributed by atoms with Crippen molar-refractivity contribution < 1.29 is 4.79 Å². The third-order valence-electron chi connectivity index (χ3n) is 4.38. The second-order valence-electron chi connectivity index (χ2n) is 8.03. The van der Waals surface area contributed by atoms with Crippen LogP contribution in [0.15, 0.2) is 47.4 Å². The third kappa shape index (κ3) is 6.47. The molecule has 1 amide bonds. The summed E-state index contributed by atoms with van der Waals surface area (Å²) < 4.78 is 1.70. The lowest BCUT2D eigenvalue weighted by molar-refractivity contribution is 0.0911. The molecule has 1 heterocycles. The number of benzene rings is 2. The SMILES string of the molecule is CSc1c(C(=O)NC(C)(C)C)nn(-c2ccc(C#CCN)cc2Cl)c1-c1ccc(Cl)cc1.Cl. The maximum Gasteiger partial charge on any atom is 0.273 e. The van der Waals surface area contributed by atoms with Gasteiger partial charge in [0.1, 0.15) is 0 Å². The van der Waals surface area contributed by atoms with Crippen LogP contribution in [0.4, 0.5) is 0 Å². The van der Waals surface area contributed by atoms with E-state index in [-0.39, 0.29) is 24.9 Å². The molecule has 0 fully saturated rings. The fraction of sp³-hybridized carbons (Fsp3) is 0.250. The third-order valence-corrected chi connectivity index (χ3v) is 5.73. The van der Waals surface area contributed by atoms with E-state index >= 15 is 0 Å². The number of carbonyl (C=O) groups excluding carboxylic acids is 1. The smallest absolute Gasteiger partial charge is 0.273 e. The molecule has 0 bridgehead atoms. The van der Waals surface area contributed by atoms with Crippen LogP contribution in [-0.2, 0) is 0 Å². The number of thioether (sulfide) groups is 1. The molecular weight excluding hydrogens is 499 g/mol. The Morgan fingerprint density at radius 3 is 2.39 bits per heavy atom. The van der Waals surface area contributed by atoms with Crippen LogP contribution < -0.4 is 11.1 Å². The van der Waals surface area contributed by atoms with Gasteiger partial charge in [-0.2, -0.15) is 5.10 Å². The molecule has 0 spiro atoms. The summed E-state index contributed by atoms with van der Waals surface area (Å²) in [4.78, 5) is 13.8. The lowest BCUT2D eigenvalue weighted by Gasteiger charge is -2.19. The van der Waals surface area contributed by atoms with Crippen LogP contribution in [0, 0.1) is 11.8 Å². The van der Waals surface area contributed by atoms with Crippen molar-refractivity contribution >= 4 is 53.3 Å². The van der Waals surface area contributed by atoms with Crippen molar-refractivity contribution in [3.05, 3.63) is 63.8 Å². The number of nitrogens with two attached hydrogens (primary N) is 1. The standard InChI is InChI=1S/C24H24Cl2N4OS.ClH/c1-24(2,3)28-23(31)20-22(32-4)21(16-8-10-17(25)11-9-16)30(29-20)19-12-7-15(6-5-13-27)14-18(19)26;/h7-12,14H,13,27H2,1-4H3,(H,28,31);1H. The number of aromatic nitrogens is 2. The Labute approximate surface area is 214 Å². The minimum Gasteiger partial charge on any atom is -0.346 e. The fourth-order valence-corrected chi connectivity index (χ4v) is 4.20. The number of amides is 1. The molecule has 3 N–H and O–H groups in total. The average molecular weight is 524 g/mol. The molecular formula is C24H25Cl3N4OS. The van der Waals surface area contributed by atoms with Gasteiger partial charge in [0.05, 0.1) is 27.8 Å². The molecule has 2 aromatic carbocycles. The second kappa shape index (κ2) is 11.3. The number of rotatable bonds is 4. The van der Waals surface area contributed by atoms with E-state index in [9.17, 15) is 4.79 Å². The highest BCUT2D eigenvalue weighted by Crippen LogP contribution is 2.37. The highest BCUT2D eigenvalue weighted by molar-refractivity contribution is 7.98. The monoisotopic (exact) mass is 522 g/mol. The highest BCUT2D eigenvalue weighted by Gasteiger charge is 2.27. The van der Waals surface area contributed by atoms with Gasteiger partial charge in [-0.15, -0.1) is 24.2 Å². The Morgan fingerprint density at radius 2 is 1.85 bits per heavy atom. The zero-order valence-corrected chi connectivity index (χ0v) is 21.8. The second-order valence-corrected chi connectivity index (χ2v) is 9.69. The van der Waals surface area contributed by atoms with Gasteiger partial charge in [0.25, 0.3) is 5.91 Å². The van der Waals surface area contributed by atoms with Crippen LogP contribution in [0.3, 0.4) is 0 Å². The molecule has 0 aliphatic carbocycles. The predicted octanol–water partition coefficient (Wildman–Crippen LogP) is 5.83. The first-order valence-electron chi connectivity index (χ1n) is 9.89. The van der Waals surface area contributed by atoms with Crippen LogP contribution in [0.2, 0.25) is 10.0 Å². The van der Waals surface area contributed by atoms with Gasteiger partial charge in [-0.1, -0.05) is 47.2 Å². The first kappa shape index (κ1) is 27.1. The summed E-state index contributed by atoms with van der Waals surface area (Å²) in [6.45, 7) is 6.05. The maximum atomic E-state index is 13.1. The number of nitrogens with one attached hydrogen (secondary N) is 1. The van der Waals surface area contributed by atoms with Gasteiger partial charge >= 0.3 is 0 Å². The van der Waals surface area contributed by atoms with Crippen molar-refractivity contribution in [1.82, 2.24) is 15.1 Å². The highest BCUT2D eigenvalue weighted by atomic mass is 35.5. The van der Waals surface area contributed by atoms with E-state index in [4.69, 9.17) is 34.0 Å². The van der Waals surface area contributed by atoms with Crippen molar-refractivity contribution in [2.24, 2.45) is 5.73 Å². The Hall–Kier alpha value is -2.14. The molecule has 0 atom stereocenters. The number of carbonyl (C=O) groups is 1. The van der Waals surface area contributed by atoms with Crippen molar-refractivity contribution in [3.63, 3.8) is 0 Å². The van der Waals surface area contributed by atoms with Crippen molar-refractivity contribution in [3.8, 4) is 28.8 Å². The number of halogens is 3. The molecule has 0 saturated heterocycles.